The summed E-state index contributed by atoms with van der Waals surface area (Å²) < 4.78 is 37.7. The molecule has 0 spiro atoms. The normalized spacial score (nSPS) is 14.3. The molecule has 9 nitrogen and oxygen atoms in total. The van der Waals surface area contributed by atoms with Crippen LogP contribution in [0.3, 0.4) is 0 Å². The van der Waals surface area contributed by atoms with E-state index in [1.54, 1.807) is 31.2 Å². The van der Waals surface area contributed by atoms with E-state index >= 15 is 0 Å². The summed E-state index contributed by atoms with van der Waals surface area (Å²) in [5.41, 5.74) is 0.963. The third kappa shape index (κ3) is 4.09. The molecule has 2 aromatic heterocycles. The predicted octanol–water partition coefficient (Wildman–Crippen LogP) is 2.84. The molecule has 30 heavy (non-hydrogen) atoms. The number of aryl methyl sites for hydroxylation is 1. The van der Waals surface area contributed by atoms with Crippen LogP contribution in [-0.4, -0.2) is 41.9 Å². The second-order valence-corrected chi connectivity index (χ2v) is 9.68. The molecule has 1 amide bonds. The van der Waals surface area contributed by atoms with Crippen molar-refractivity contribution in [2.75, 3.05) is 18.5 Å². The van der Waals surface area contributed by atoms with E-state index in [2.05, 4.69) is 15.5 Å². The number of amides is 1. The molecule has 0 fully saturated rings. The number of ether oxygens (including phenoxy) is 1. The summed E-state index contributed by atoms with van der Waals surface area (Å²) >= 11 is 1.26. The summed E-state index contributed by atoms with van der Waals surface area (Å²) in [5.74, 6) is 0.744. The smallest absolute Gasteiger partial charge is 0.279 e. The van der Waals surface area contributed by atoms with Gasteiger partial charge in [-0.15, -0.1) is 11.3 Å². The van der Waals surface area contributed by atoms with E-state index in [-0.39, 0.29) is 17.1 Å². The lowest BCUT2D eigenvalue weighted by Gasteiger charge is -2.25. The molecular weight excluding hydrogens is 428 g/mol. The van der Waals surface area contributed by atoms with Crippen molar-refractivity contribution in [2.24, 2.45) is 0 Å². The van der Waals surface area contributed by atoms with E-state index in [1.165, 1.54) is 21.7 Å². The number of nitrogens with zero attached hydrogens (tertiary/aromatic N) is 3. The SMILES string of the molecule is CCOc1ccc(S(=O)(=O)N2CCc3nc(NC(=O)c4cc(C)on4)sc3C2)cc1. The van der Waals surface area contributed by atoms with Gasteiger partial charge in [-0.05, 0) is 38.1 Å². The molecule has 4 rings (SSSR count). The Hall–Kier alpha value is -2.76. The second kappa shape index (κ2) is 8.17. The number of carbonyl (C=O) groups excluding carboxylic acids is 1. The molecule has 0 aliphatic carbocycles. The Bertz CT molecular complexity index is 1170. The lowest BCUT2D eigenvalue weighted by molar-refractivity contribution is 0.101. The van der Waals surface area contributed by atoms with Gasteiger partial charge in [0, 0.05) is 23.9 Å². The number of hydrogen-bond acceptors (Lipinski definition) is 8. The monoisotopic (exact) mass is 448 g/mol. The summed E-state index contributed by atoms with van der Waals surface area (Å²) in [5, 5.41) is 6.79. The minimum atomic E-state index is -3.64. The first-order valence-corrected chi connectivity index (χ1v) is 11.6. The Morgan fingerprint density at radius 2 is 2.10 bits per heavy atom. The Morgan fingerprint density at radius 1 is 1.33 bits per heavy atom. The third-order valence-corrected chi connectivity index (χ3v) is 7.41. The molecule has 0 atom stereocenters. The van der Waals surface area contributed by atoms with Crippen molar-refractivity contribution in [3.63, 3.8) is 0 Å². The summed E-state index contributed by atoms with van der Waals surface area (Å²) in [6, 6.07) is 7.94. The van der Waals surface area contributed by atoms with Crippen molar-refractivity contribution >= 4 is 32.4 Å². The molecule has 0 radical (unpaired) electrons. The van der Waals surface area contributed by atoms with Crippen molar-refractivity contribution in [3.05, 3.63) is 52.4 Å². The number of aromatic nitrogens is 2. The van der Waals surface area contributed by atoms with Crippen LogP contribution in [0.4, 0.5) is 5.13 Å². The zero-order valence-corrected chi connectivity index (χ0v) is 18.0. The highest BCUT2D eigenvalue weighted by molar-refractivity contribution is 7.89. The number of rotatable bonds is 6. The number of nitrogens with one attached hydrogen (secondary N) is 1. The molecule has 0 unspecified atom stereocenters. The van der Waals surface area contributed by atoms with Gasteiger partial charge in [0.05, 0.1) is 23.7 Å². The van der Waals surface area contributed by atoms with Gasteiger partial charge >= 0.3 is 0 Å². The van der Waals surface area contributed by atoms with Gasteiger partial charge in [0.15, 0.2) is 10.8 Å². The van der Waals surface area contributed by atoms with E-state index in [4.69, 9.17) is 9.26 Å². The van der Waals surface area contributed by atoms with Crippen LogP contribution in [0, 0.1) is 6.92 Å². The van der Waals surface area contributed by atoms with Gasteiger partial charge in [0.25, 0.3) is 5.91 Å². The minimum Gasteiger partial charge on any atom is -0.494 e. The topological polar surface area (TPSA) is 115 Å². The van der Waals surface area contributed by atoms with Gasteiger partial charge in [-0.25, -0.2) is 13.4 Å². The molecule has 158 valence electrons. The second-order valence-electron chi connectivity index (χ2n) is 6.66. The number of benzene rings is 1. The van der Waals surface area contributed by atoms with Gasteiger partial charge in [-0.1, -0.05) is 5.16 Å². The predicted molar refractivity (Wildman–Crippen MR) is 110 cm³/mol. The van der Waals surface area contributed by atoms with Crippen molar-refractivity contribution in [1.82, 2.24) is 14.4 Å². The maximum absolute atomic E-state index is 13.0. The van der Waals surface area contributed by atoms with Crippen molar-refractivity contribution in [2.45, 2.75) is 31.7 Å². The number of sulfonamides is 1. The maximum Gasteiger partial charge on any atom is 0.279 e. The zero-order chi connectivity index (χ0) is 21.3. The van der Waals surface area contributed by atoms with Crippen LogP contribution in [0.15, 0.2) is 39.8 Å². The van der Waals surface area contributed by atoms with Crippen LogP contribution in [0.2, 0.25) is 0 Å². The molecule has 3 aromatic rings. The first-order chi connectivity index (χ1) is 14.4. The van der Waals surface area contributed by atoms with Gasteiger partial charge in [-0.2, -0.15) is 4.31 Å². The summed E-state index contributed by atoms with van der Waals surface area (Å²) in [7, 11) is -3.64. The standard InChI is InChI=1S/C19H20N4O5S2/c1-3-27-13-4-6-14(7-5-13)30(25,26)23-9-8-15-17(11-23)29-19(20-15)21-18(24)16-10-12(2)28-22-16/h4-7,10H,3,8-9,11H2,1-2H3,(H,20,21,24). The van der Waals surface area contributed by atoms with Crippen molar-refractivity contribution in [3.8, 4) is 5.75 Å². The van der Waals surface area contributed by atoms with E-state index in [0.717, 1.165) is 10.6 Å². The van der Waals surface area contributed by atoms with Crippen LogP contribution < -0.4 is 10.1 Å². The quantitative estimate of drug-likeness (QED) is 0.617. The molecule has 11 heteroatoms. The van der Waals surface area contributed by atoms with Gasteiger partial charge in [-0.3, -0.25) is 10.1 Å². The lowest BCUT2D eigenvalue weighted by Crippen LogP contribution is -2.35. The zero-order valence-electron chi connectivity index (χ0n) is 16.4. The summed E-state index contributed by atoms with van der Waals surface area (Å²) in [6.07, 6.45) is 0.473. The molecule has 0 saturated heterocycles. The van der Waals surface area contributed by atoms with Crippen LogP contribution in [0.5, 0.6) is 5.75 Å². The van der Waals surface area contributed by atoms with E-state index in [0.29, 0.717) is 36.2 Å². The first kappa shape index (κ1) is 20.5. The Balaban J connectivity index is 1.48. The molecule has 1 aliphatic heterocycles. The lowest BCUT2D eigenvalue weighted by atomic mass is 10.2. The van der Waals surface area contributed by atoms with Gasteiger partial charge in [0.1, 0.15) is 11.5 Å². The molecule has 0 bridgehead atoms. The van der Waals surface area contributed by atoms with Crippen LogP contribution in [0.1, 0.15) is 33.7 Å². The molecule has 1 N–H and O–H groups in total. The van der Waals surface area contributed by atoms with Crippen LogP contribution >= 0.6 is 11.3 Å². The van der Waals surface area contributed by atoms with E-state index in [1.807, 2.05) is 6.92 Å². The average molecular weight is 449 g/mol. The number of hydrogen-bond donors (Lipinski definition) is 1. The molecule has 1 aliphatic rings. The molecule has 3 heterocycles. The average Bonchev–Trinajstić information content (AvgIpc) is 3.33. The van der Waals surface area contributed by atoms with Gasteiger partial charge in [0.2, 0.25) is 10.0 Å². The van der Waals surface area contributed by atoms with E-state index < -0.39 is 15.9 Å². The molecule has 0 saturated carbocycles. The summed E-state index contributed by atoms with van der Waals surface area (Å²) in [4.78, 5) is 17.7. The first-order valence-electron chi connectivity index (χ1n) is 9.33. The number of thiazole rings is 1. The Morgan fingerprint density at radius 3 is 2.77 bits per heavy atom. The highest BCUT2D eigenvalue weighted by atomic mass is 32.2. The summed E-state index contributed by atoms with van der Waals surface area (Å²) in [6.45, 7) is 4.62. The Labute approximate surface area is 177 Å². The number of anilines is 1. The number of carbonyl (C=O) groups is 1. The van der Waals surface area contributed by atoms with E-state index in [9.17, 15) is 13.2 Å². The van der Waals surface area contributed by atoms with Crippen LogP contribution in [0.25, 0.3) is 0 Å². The molecular formula is C19H20N4O5S2. The fourth-order valence-electron chi connectivity index (χ4n) is 3.09. The van der Waals surface area contributed by atoms with Crippen molar-refractivity contribution in [1.29, 1.82) is 0 Å². The minimum absolute atomic E-state index is 0.167. The maximum atomic E-state index is 13.0. The Kier molecular flexibility index (Phi) is 5.58. The van der Waals surface area contributed by atoms with Gasteiger partial charge < -0.3 is 9.26 Å². The fourth-order valence-corrected chi connectivity index (χ4v) is 5.60. The largest absolute Gasteiger partial charge is 0.494 e. The number of fused-ring (bicyclic) bond motifs is 1. The fraction of sp³-hybridized carbons (Fsp3) is 0.316. The highest BCUT2D eigenvalue weighted by Gasteiger charge is 2.30. The van der Waals surface area contributed by atoms with Crippen molar-refractivity contribution < 1.29 is 22.5 Å². The highest BCUT2D eigenvalue weighted by Crippen LogP contribution is 2.31. The van der Waals surface area contributed by atoms with Crippen LogP contribution in [-0.2, 0) is 23.0 Å². The molecule has 1 aromatic carbocycles. The third-order valence-electron chi connectivity index (χ3n) is 4.55.